The fraction of sp³-hybridized carbons (Fsp3) is 0.458. The van der Waals surface area contributed by atoms with Crippen molar-refractivity contribution in [1.29, 1.82) is 0 Å². The molecule has 0 saturated carbocycles. The highest BCUT2D eigenvalue weighted by Crippen LogP contribution is 2.37. The number of rotatable bonds is 4. The van der Waals surface area contributed by atoms with E-state index in [1.165, 1.54) is 12.1 Å². The van der Waals surface area contributed by atoms with Crippen LogP contribution < -0.4 is 14.2 Å². The number of fused-ring (bicyclic) bond motifs is 1. The van der Waals surface area contributed by atoms with E-state index >= 15 is 0 Å². The normalized spacial score (nSPS) is 20.5. The molecule has 2 aliphatic heterocycles. The summed E-state index contributed by atoms with van der Waals surface area (Å²) < 4.78 is 35.9. The van der Waals surface area contributed by atoms with Gasteiger partial charge in [0.2, 0.25) is 6.79 Å². The molecule has 0 spiro atoms. The highest BCUT2D eigenvalue weighted by molar-refractivity contribution is 5.68. The van der Waals surface area contributed by atoms with E-state index in [1.54, 1.807) is 4.90 Å². The minimum Gasteiger partial charge on any atom is -0.493 e. The van der Waals surface area contributed by atoms with E-state index in [2.05, 4.69) is 0 Å². The second-order valence-corrected chi connectivity index (χ2v) is 8.96. The number of ether oxygens (including phenoxy) is 4. The number of halogens is 1. The number of hydrogen-bond donors (Lipinski definition) is 0. The number of benzene rings is 2. The third-order valence-corrected chi connectivity index (χ3v) is 5.49. The zero-order chi connectivity index (χ0) is 22.0. The van der Waals surface area contributed by atoms with Gasteiger partial charge in [-0.3, -0.25) is 0 Å². The first-order valence-corrected chi connectivity index (χ1v) is 10.5. The smallest absolute Gasteiger partial charge is 0.410 e. The molecule has 0 N–H and O–H groups in total. The van der Waals surface area contributed by atoms with E-state index in [-0.39, 0.29) is 30.5 Å². The lowest BCUT2D eigenvalue weighted by molar-refractivity contribution is 0.0111. The average molecular weight is 429 g/mol. The van der Waals surface area contributed by atoms with Crippen molar-refractivity contribution in [3.63, 3.8) is 0 Å². The molecule has 31 heavy (non-hydrogen) atoms. The van der Waals surface area contributed by atoms with Crippen LogP contribution in [0.4, 0.5) is 9.18 Å². The van der Waals surface area contributed by atoms with Gasteiger partial charge < -0.3 is 23.8 Å². The minimum absolute atomic E-state index is 0.0251. The monoisotopic (exact) mass is 429 g/mol. The van der Waals surface area contributed by atoms with Crippen molar-refractivity contribution >= 4 is 6.09 Å². The molecule has 2 aliphatic rings. The van der Waals surface area contributed by atoms with E-state index in [9.17, 15) is 9.18 Å². The van der Waals surface area contributed by atoms with Crippen molar-refractivity contribution in [3.8, 4) is 17.2 Å². The quantitative estimate of drug-likeness (QED) is 0.687. The summed E-state index contributed by atoms with van der Waals surface area (Å²) in [7, 11) is 0. The molecule has 2 aromatic carbocycles. The van der Waals surface area contributed by atoms with Crippen LogP contribution in [0.15, 0.2) is 42.5 Å². The van der Waals surface area contributed by atoms with E-state index < -0.39 is 5.60 Å². The van der Waals surface area contributed by atoms with E-state index in [0.717, 1.165) is 12.0 Å². The van der Waals surface area contributed by atoms with E-state index in [4.69, 9.17) is 18.9 Å². The second-order valence-electron chi connectivity index (χ2n) is 8.96. The fourth-order valence-corrected chi connectivity index (χ4v) is 4.01. The Balaban J connectivity index is 1.49. The first-order chi connectivity index (χ1) is 14.8. The average Bonchev–Trinajstić information content (AvgIpc) is 3.19. The largest absolute Gasteiger partial charge is 0.493 e. The molecule has 2 atom stereocenters. The molecule has 6 nitrogen and oxygen atoms in total. The number of hydrogen-bond acceptors (Lipinski definition) is 5. The maximum Gasteiger partial charge on any atom is 0.410 e. The SMILES string of the molecule is CC(C)(C)OC(=O)N1CC[C@@H](c2ccc(F)cc2)[C@H](COc2ccc3c(c2)OCO3)C1. The van der Waals surface area contributed by atoms with Crippen LogP contribution in [0.5, 0.6) is 17.2 Å². The van der Waals surface area contributed by atoms with Crippen molar-refractivity contribution in [3.05, 3.63) is 53.8 Å². The zero-order valence-corrected chi connectivity index (χ0v) is 18.1. The summed E-state index contributed by atoms with van der Waals surface area (Å²) in [6.45, 7) is 7.27. The number of nitrogens with zero attached hydrogens (tertiary/aromatic N) is 1. The van der Waals surface area contributed by atoms with Crippen LogP contribution in [0, 0.1) is 11.7 Å². The van der Waals surface area contributed by atoms with Gasteiger partial charge in [0.1, 0.15) is 17.2 Å². The van der Waals surface area contributed by atoms with Crippen LogP contribution in [0.2, 0.25) is 0 Å². The number of likely N-dealkylation sites (tertiary alicyclic amines) is 1. The van der Waals surface area contributed by atoms with Gasteiger partial charge in [0.25, 0.3) is 0 Å². The lowest BCUT2D eigenvalue weighted by atomic mass is 9.81. The Kier molecular flexibility index (Phi) is 5.94. The molecule has 0 aromatic heterocycles. The molecule has 1 saturated heterocycles. The molecule has 166 valence electrons. The van der Waals surface area contributed by atoms with E-state index in [0.29, 0.717) is 36.9 Å². The third-order valence-electron chi connectivity index (χ3n) is 5.49. The molecule has 4 rings (SSSR count). The van der Waals surface area contributed by atoms with Crippen LogP contribution in [0.1, 0.15) is 38.7 Å². The van der Waals surface area contributed by atoms with Crippen LogP contribution in [0.25, 0.3) is 0 Å². The van der Waals surface area contributed by atoms with Gasteiger partial charge in [0.05, 0.1) is 6.61 Å². The summed E-state index contributed by atoms with van der Waals surface area (Å²) in [6, 6.07) is 12.1. The molecule has 0 unspecified atom stereocenters. The first kappa shape index (κ1) is 21.3. The summed E-state index contributed by atoms with van der Waals surface area (Å²) in [5.41, 5.74) is 0.494. The predicted octanol–water partition coefficient (Wildman–Crippen LogP) is 4.97. The summed E-state index contributed by atoms with van der Waals surface area (Å²) in [5.74, 6) is 1.95. The van der Waals surface area contributed by atoms with Crippen molar-refractivity contribution in [2.45, 2.75) is 38.7 Å². The Morgan fingerprint density at radius 3 is 2.61 bits per heavy atom. The number of carbonyl (C=O) groups is 1. The highest BCUT2D eigenvalue weighted by Gasteiger charge is 2.35. The minimum atomic E-state index is -0.552. The number of piperidine rings is 1. The van der Waals surface area contributed by atoms with Crippen LogP contribution in [-0.2, 0) is 4.74 Å². The molecule has 0 aliphatic carbocycles. The molecule has 2 aromatic rings. The topological polar surface area (TPSA) is 57.2 Å². The van der Waals surface area contributed by atoms with Gasteiger partial charge in [0, 0.05) is 25.1 Å². The summed E-state index contributed by atoms with van der Waals surface area (Å²) in [6.07, 6.45) is 0.429. The Bertz CT molecular complexity index is 925. The lowest BCUT2D eigenvalue weighted by Gasteiger charge is -2.39. The molecule has 2 heterocycles. The van der Waals surface area contributed by atoms with E-state index in [1.807, 2.05) is 51.1 Å². The molecular weight excluding hydrogens is 401 g/mol. The Hall–Kier alpha value is -2.96. The Morgan fingerprint density at radius 1 is 1.13 bits per heavy atom. The van der Waals surface area contributed by atoms with Crippen LogP contribution in [-0.4, -0.2) is 43.1 Å². The van der Waals surface area contributed by atoms with Crippen molar-refractivity contribution < 1.29 is 28.1 Å². The third kappa shape index (κ3) is 5.21. The van der Waals surface area contributed by atoms with Gasteiger partial charge in [-0.2, -0.15) is 0 Å². The van der Waals surface area contributed by atoms with Gasteiger partial charge >= 0.3 is 6.09 Å². The summed E-state index contributed by atoms with van der Waals surface area (Å²) in [4.78, 5) is 14.4. The molecular formula is C24H28FNO5. The summed E-state index contributed by atoms with van der Waals surface area (Å²) in [5, 5.41) is 0. The lowest BCUT2D eigenvalue weighted by Crippen LogP contribution is -2.46. The van der Waals surface area contributed by atoms with Crippen LogP contribution >= 0.6 is 0 Å². The molecule has 0 bridgehead atoms. The second kappa shape index (κ2) is 8.65. The predicted molar refractivity (Wildman–Crippen MR) is 113 cm³/mol. The molecule has 7 heteroatoms. The van der Waals surface area contributed by atoms with Crippen molar-refractivity contribution in [1.82, 2.24) is 4.90 Å². The number of carbonyl (C=O) groups excluding carboxylic acids is 1. The molecule has 1 amide bonds. The maximum absolute atomic E-state index is 13.4. The highest BCUT2D eigenvalue weighted by atomic mass is 19.1. The first-order valence-electron chi connectivity index (χ1n) is 10.5. The Labute approximate surface area is 181 Å². The molecule has 0 radical (unpaired) electrons. The standard InChI is InChI=1S/C24H28FNO5/c1-24(2,3)31-23(27)26-11-10-20(16-4-6-18(25)7-5-16)17(13-26)14-28-19-8-9-21-22(12-19)30-15-29-21/h4-9,12,17,20H,10-11,13-15H2,1-3H3/t17-,20-/m0/s1. The van der Waals surface area contributed by atoms with Gasteiger partial charge in [-0.05, 0) is 62.9 Å². The van der Waals surface area contributed by atoms with Gasteiger partial charge in [0.15, 0.2) is 11.5 Å². The summed E-state index contributed by atoms with van der Waals surface area (Å²) >= 11 is 0. The Morgan fingerprint density at radius 2 is 1.87 bits per heavy atom. The number of amides is 1. The zero-order valence-electron chi connectivity index (χ0n) is 18.1. The van der Waals surface area contributed by atoms with Crippen molar-refractivity contribution in [2.24, 2.45) is 5.92 Å². The maximum atomic E-state index is 13.4. The molecule has 1 fully saturated rings. The van der Waals surface area contributed by atoms with Gasteiger partial charge in [-0.25, -0.2) is 9.18 Å². The van der Waals surface area contributed by atoms with Crippen molar-refractivity contribution in [2.75, 3.05) is 26.5 Å². The van der Waals surface area contributed by atoms with Gasteiger partial charge in [-0.15, -0.1) is 0 Å². The fourth-order valence-electron chi connectivity index (χ4n) is 4.01. The van der Waals surface area contributed by atoms with Gasteiger partial charge in [-0.1, -0.05) is 12.1 Å². The van der Waals surface area contributed by atoms with Crippen LogP contribution in [0.3, 0.4) is 0 Å².